The average molecular weight is 282 g/mol. The highest BCUT2D eigenvalue weighted by Gasteiger charge is 2.11. The number of nitrogens with zero attached hydrogens (tertiary/aromatic N) is 1. The van der Waals surface area contributed by atoms with E-state index < -0.39 is 6.03 Å². The van der Waals surface area contributed by atoms with Gasteiger partial charge in [-0.2, -0.15) is 0 Å². The lowest BCUT2D eigenvalue weighted by molar-refractivity contribution is 0.254. The van der Waals surface area contributed by atoms with Gasteiger partial charge in [0, 0.05) is 12.2 Å². The SMILES string of the molecule is CCN(C(N)=O)c1ccc(-c2c(C)cc(C)cc2C)cc1. The zero-order chi connectivity index (χ0) is 15.6. The molecule has 0 aromatic heterocycles. The number of carbonyl (C=O) groups excluding carboxylic acids is 1. The van der Waals surface area contributed by atoms with E-state index >= 15 is 0 Å². The number of carbonyl (C=O) groups is 1. The number of hydrogen-bond acceptors (Lipinski definition) is 1. The molecule has 0 spiro atoms. The van der Waals surface area contributed by atoms with Gasteiger partial charge in [0.05, 0.1) is 0 Å². The number of nitrogens with two attached hydrogens (primary N) is 1. The summed E-state index contributed by atoms with van der Waals surface area (Å²) in [6, 6.07) is 11.9. The van der Waals surface area contributed by atoms with E-state index in [4.69, 9.17) is 5.73 Å². The Balaban J connectivity index is 2.42. The zero-order valence-electron chi connectivity index (χ0n) is 13.1. The Labute approximate surface area is 126 Å². The quantitative estimate of drug-likeness (QED) is 0.901. The molecule has 21 heavy (non-hydrogen) atoms. The number of rotatable bonds is 3. The van der Waals surface area contributed by atoms with Crippen molar-refractivity contribution < 1.29 is 4.79 Å². The molecule has 0 aliphatic carbocycles. The lowest BCUT2D eigenvalue weighted by atomic mass is 9.94. The van der Waals surface area contributed by atoms with Gasteiger partial charge in [0.25, 0.3) is 0 Å². The maximum atomic E-state index is 11.4. The number of aryl methyl sites for hydroxylation is 3. The van der Waals surface area contributed by atoms with Crippen molar-refractivity contribution in [3.8, 4) is 11.1 Å². The first kappa shape index (κ1) is 15.1. The molecule has 0 aliphatic heterocycles. The Bertz CT molecular complexity index is 636. The summed E-state index contributed by atoms with van der Waals surface area (Å²) in [6.45, 7) is 8.85. The molecule has 3 heteroatoms. The van der Waals surface area contributed by atoms with Crippen molar-refractivity contribution in [1.29, 1.82) is 0 Å². The second-order valence-corrected chi connectivity index (χ2v) is 5.40. The molecule has 0 atom stereocenters. The van der Waals surface area contributed by atoms with Gasteiger partial charge >= 0.3 is 6.03 Å². The number of benzene rings is 2. The van der Waals surface area contributed by atoms with Crippen molar-refractivity contribution in [2.24, 2.45) is 5.73 Å². The van der Waals surface area contributed by atoms with E-state index in [2.05, 4.69) is 32.9 Å². The molecule has 2 aromatic carbocycles. The summed E-state index contributed by atoms with van der Waals surface area (Å²) in [4.78, 5) is 12.9. The third-order valence-electron chi connectivity index (χ3n) is 3.73. The van der Waals surface area contributed by atoms with Crippen LogP contribution in [0.3, 0.4) is 0 Å². The van der Waals surface area contributed by atoms with E-state index in [1.54, 1.807) is 4.90 Å². The topological polar surface area (TPSA) is 46.3 Å². The summed E-state index contributed by atoms with van der Waals surface area (Å²) in [7, 11) is 0. The Morgan fingerprint density at radius 2 is 1.57 bits per heavy atom. The van der Waals surface area contributed by atoms with Crippen LogP contribution in [-0.4, -0.2) is 12.6 Å². The van der Waals surface area contributed by atoms with Crippen molar-refractivity contribution in [2.75, 3.05) is 11.4 Å². The number of urea groups is 1. The molecule has 0 saturated carbocycles. The standard InChI is InChI=1S/C18H22N2O/c1-5-20(18(19)21)16-8-6-15(7-9-16)17-13(3)10-12(2)11-14(17)4/h6-11H,5H2,1-4H3,(H2,19,21). The fourth-order valence-electron chi connectivity index (χ4n) is 2.91. The van der Waals surface area contributed by atoms with Crippen LogP contribution in [0.4, 0.5) is 10.5 Å². The molecular weight excluding hydrogens is 260 g/mol. The molecule has 0 aliphatic rings. The van der Waals surface area contributed by atoms with Crippen molar-refractivity contribution in [2.45, 2.75) is 27.7 Å². The van der Waals surface area contributed by atoms with Gasteiger partial charge in [-0.05, 0) is 62.1 Å². The highest BCUT2D eigenvalue weighted by molar-refractivity contribution is 5.91. The maximum absolute atomic E-state index is 11.4. The minimum Gasteiger partial charge on any atom is -0.351 e. The number of primary amides is 1. The first-order chi connectivity index (χ1) is 9.93. The van der Waals surface area contributed by atoms with Crippen molar-refractivity contribution >= 4 is 11.7 Å². The number of hydrogen-bond donors (Lipinski definition) is 1. The van der Waals surface area contributed by atoms with E-state index in [1.165, 1.54) is 22.3 Å². The van der Waals surface area contributed by atoms with Gasteiger partial charge < -0.3 is 5.73 Å². The van der Waals surface area contributed by atoms with E-state index in [0.717, 1.165) is 11.3 Å². The molecule has 0 radical (unpaired) electrons. The highest BCUT2D eigenvalue weighted by atomic mass is 16.2. The molecule has 3 nitrogen and oxygen atoms in total. The lowest BCUT2D eigenvalue weighted by Gasteiger charge is -2.19. The predicted molar refractivity (Wildman–Crippen MR) is 88.7 cm³/mol. The van der Waals surface area contributed by atoms with Gasteiger partial charge in [0.15, 0.2) is 0 Å². The van der Waals surface area contributed by atoms with Gasteiger partial charge in [-0.15, -0.1) is 0 Å². The molecule has 110 valence electrons. The molecule has 2 rings (SSSR count). The summed E-state index contributed by atoms with van der Waals surface area (Å²) in [6.07, 6.45) is 0. The summed E-state index contributed by atoms with van der Waals surface area (Å²) in [5.74, 6) is 0. The summed E-state index contributed by atoms with van der Waals surface area (Å²) >= 11 is 0. The monoisotopic (exact) mass is 282 g/mol. The smallest absolute Gasteiger partial charge is 0.319 e. The molecule has 0 unspecified atom stereocenters. The van der Waals surface area contributed by atoms with Crippen LogP contribution in [0.25, 0.3) is 11.1 Å². The van der Waals surface area contributed by atoms with Gasteiger partial charge in [-0.3, -0.25) is 4.90 Å². The summed E-state index contributed by atoms with van der Waals surface area (Å²) in [5, 5.41) is 0. The predicted octanol–water partition coefficient (Wildman–Crippen LogP) is 4.18. The molecule has 2 amide bonds. The fraction of sp³-hybridized carbons (Fsp3) is 0.278. The van der Waals surface area contributed by atoms with Gasteiger partial charge in [-0.25, -0.2) is 4.79 Å². The normalized spacial score (nSPS) is 10.5. The second kappa shape index (κ2) is 6.00. The van der Waals surface area contributed by atoms with Crippen molar-refractivity contribution in [3.05, 3.63) is 53.1 Å². The molecule has 0 bridgehead atoms. The molecule has 0 fully saturated rings. The second-order valence-electron chi connectivity index (χ2n) is 5.40. The van der Waals surface area contributed by atoms with Crippen LogP contribution >= 0.6 is 0 Å². The average Bonchev–Trinajstić information content (AvgIpc) is 2.39. The lowest BCUT2D eigenvalue weighted by Crippen LogP contribution is -2.35. The van der Waals surface area contributed by atoms with Gasteiger partial charge in [-0.1, -0.05) is 29.8 Å². The van der Waals surface area contributed by atoms with Crippen LogP contribution in [-0.2, 0) is 0 Å². The largest absolute Gasteiger partial charge is 0.351 e. The Morgan fingerprint density at radius 1 is 1.05 bits per heavy atom. The third kappa shape index (κ3) is 3.07. The molecule has 0 heterocycles. The molecule has 2 aromatic rings. The van der Waals surface area contributed by atoms with E-state index in [-0.39, 0.29) is 0 Å². The zero-order valence-corrected chi connectivity index (χ0v) is 13.1. The number of anilines is 1. The summed E-state index contributed by atoms with van der Waals surface area (Å²) < 4.78 is 0. The van der Waals surface area contributed by atoms with Crippen LogP contribution in [0.15, 0.2) is 36.4 Å². The van der Waals surface area contributed by atoms with Crippen molar-refractivity contribution in [3.63, 3.8) is 0 Å². The van der Waals surface area contributed by atoms with E-state index in [1.807, 2.05) is 31.2 Å². The molecule has 0 saturated heterocycles. The Kier molecular flexibility index (Phi) is 4.32. The van der Waals surface area contributed by atoms with Crippen LogP contribution < -0.4 is 10.6 Å². The Hall–Kier alpha value is -2.29. The highest BCUT2D eigenvalue weighted by Crippen LogP contribution is 2.29. The van der Waals surface area contributed by atoms with Crippen LogP contribution in [0.2, 0.25) is 0 Å². The van der Waals surface area contributed by atoms with Gasteiger partial charge in [0.1, 0.15) is 0 Å². The molecular formula is C18H22N2O. The van der Waals surface area contributed by atoms with Gasteiger partial charge in [0.2, 0.25) is 0 Å². The molecule has 2 N–H and O–H groups in total. The third-order valence-corrected chi connectivity index (χ3v) is 3.73. The summed E-state index contributed by atoms with van der Waals surface area (Å²) in [5.41, 5.74) is 12.4. The first-order valence-electron chi connectivity index (χ1n) is 7.19. The number of amides is 2. The first-order valence-corrected chi connectivity index (χ1v) is 7.19. The minimum absolute atomic E-state index is 0.423. The fourth-order valence-corrected chi connectivity index (χ4v) is 2.91. The van der Waals surface area contributed by atoms with Crippen LogP contribution in [0.1, 0.15) is 23.6 Å². The van der Waals surface area contributed by atoms with E-state index in [9.17, 15) is 4.79 Å². The van der Waals surface area contributed by atoms with Crippen LogP contribution in [0, 0.1) is 20.8 Å². The Morgan fingerprint density at radius 3 is 2.00 bits per heavy atom. The van der Waals surface area contributed by atoms with Crippen LogP contribution in [0.5, 0.6) is 0 Å². The minimum atomic E-state index is -0.423. The van der Waals surface area contributed by atoms with E-state index in [0.29, 0.717) is 6.54 Å². The maximum Gasteiger partial charge on any atom is 0.319 e. The van der Waals surface area contributed by atoms with Crippen molar-refractivity contribution in [1.82, 2.24) is 0 Å².